The number of likely N-dealkylation sites (tertiary alicyclic amines) is 1. The maximum Gasteiger partial charge on any atom is 0.318 e. The molecule has 4 rings (SSSR count). The predicted octanol–water partition coefficient (Wildman–Crippen LogP) is 4.36. The van der Waals surface area contributed by atoms with Gasteiger partial charge in [-0.05, 0) is 56.4 Å². The number of hydrogen-bond donors (Lipinski definition) is 1. The molecule has 8 heteroatoms. The molecular formula is C21H27FN4O3. The minimum absolute atomic E-state index is 0.0319. The van der Waals surface area contributed by atoms with Crippen LogP contribution < -0.4 is 10.1 Å². The summed E-state index contributed by atoms with van der Waals surface area (Å²) < 4.78 is 23.9. The second-order valence-corrected chi connectivity index (χ2v) is 7.78. The lowest BCUT2D eigenvalue weighted by Gasteiger charge is -2.35. The molecule has 1 aromatic carbocycles. The van der Waals surface area contributed by atoms with Crippen molar-refractivity contribution in [3.05, 3.63) is 41.8 Å². The van der Waals surface area contributed by atoms with Gasteiger partial charge in [-0.25, -0.2) is 9.18 Å². The topological polar surface area (TPSA) is 80.5 Å². The molecule has 1 saturated carbocycles. The van der Waals surface area contributed by atoms with E-state index in [1.54, 1.807) is 12.1 Å². The summed E-state index contributed by atoms with van der Waals surface area (Å²) in [6.07, 6.45) is 8.53. The Kier molecular flexibility index (Phi) is 6.27. The van der Waals surface area contributed by atoms with Crippen molar-refractivity contribution in [2.24, 2.45) is 0 Å². The molecular weight excluding hydrogens is 375 g/mol. The Morgan fingerprint density at radius 2 is 1.90 bits per heavy atom. The second kappa shape index (κ2) is 9.24. The monoisotopic (exact) mass is 402 g/mol. The summed E-state index contributed by atoms with van der Waals surface area (Å²) in [5.74, 6) is 1.06. The molecule has 7 nitrogen and oxygen atoms in total. The van der Waals surface area contributed by atoms with Crippen LogP contribution in [-0.4, -0.2) is 33.7 Å². The fraction of sp³-hybridized carbons (Fsp3) is 0.571. The molecule has 2 aliphatic rings. The fourth-order valence-corrected chi connectivity index (χ4v) is 4.09. The zero-order chi connectivity index (χ0) is 20.1. The van der Waals surface area contributed by atoms with E-state index < -0.39 is 0 Å². The van der Waals surface area contributed by atoms with Gasteiger partial charge in [0.05, 0.1) is 6.04 Å². The summed E-state index contributed by atoms with van der Waals surface area (Å²) in [7, 11) is 0. The Bertz CT molecular complexity index is 805. The van der Waals surface area contributed by atoms with Crippen LogP contribution in [0.1, 0.15) is 69.1 Å². The molecule has 1 unspecified atom stereocenters. The van der Waals surface area contributed by atoms with Gasteiger partial charge in [-0.15, -0.1) is 0 Å². The Labute approximate surface area is 169 Å². The van der Waals surface area contributed by atoms with Crippen molar-refractivity contribution < 1.29 is 18.4 Å². The Morgan fingerprint density at radius 1 is 1.14 bits per heavy atom. The highest BCUT2D eigenvalue weighted by Gasteiger charge is 2.32. The lowest BCUT2D eigenvalue weighted by molar-refractivity contribution is 0.140. The van der Waals surface area contributed by atoms with Crippen molar-refractivity contribution in [3.8, 4) is 5.75 Å². The smallest absolute Gasteiger partial charge is 0.318 e. The Hall–Kier alpha value is -2.64. The third-order valence-corrected chi connectivity index (χ3v) is 5.65. The van der Waals surface area contributed by atoms with Gasteiger partial charge in [-0.1, -0.05) is 24.4 Å². The van der Waals surface area contributed by atoms with E-state index >= 15 is 0 Å². The number of benzene rings is 1. The van der Waals surface area contributed by atoms with E-state index in [9.17, 15) is 9.18 Å². The highest BCUT2D eigenvalue weighted by molar-refractivity contribution is 5.75. The van der Waals surface area contributed by atoms with E-state index in [4.69, 9.17) is 9.26 Å². The molecule has 1 atom stereocenters. The summed E-state index contributed by atoms with van der Waals surface area (Å²) in [6, 6.07) is 5.81. The minimum Gasteiger partial charge on any atom is -0.484 e. The zero-order valence-electron chi connectivity index (χ0n) is 16.5. The van der Waals surface area contributed by atoms with Gasteiger partial charge in [-0.2, -0.15) is 4.98 Å². The average molecular weight is 402 g/mol. The number of carbonyl (C=O) groups is 1. The SMILES string of the molecule is O=C(NC1CCCCC1)N1CCCCC1c1noc(COc2ccc(F)cc2)n1. The predicted molar refractivity (Wildman–Crippen MR) is 104 cm³/mol. The highest BCUT2D eigenvalue weighted by atomic mass is 19.1. The van der Waals surface area contributed by atoms with Gasteiger partial charge < -0.3 is 19.5 Å². The number of rotatable bonds is 5. The summed E-state index contributed by atoms with van der Waals surface area (Å²) in [6.45, 7) is 0.790. The van der Waals surface area contributed by atoms with Crippen LogP contribution in [0.3, 0.4) is 0 Å². The number of amides is 2. The number of piperidine rings is 1. The molecule has 1 N–H and O–H groups in total. The summed E-state index contributed by atoms with van der Waals surface area (Å²) in [5, 5.41) is 7.29. The number of ether oxygens (including phenoxy) is 1. The number of urea groups is 1. The number of hydrogen-bond acceptors (Lipinski definition) is 5. The van der Waals surface area contributed by atoms with Crippen LogP contribution in [0.2, 0.25) is 0 Å². The van der Waals surface area contributed by atoms with E-state index in [0.29, 0.717) is 24.0 Å². The first-order chi connectivity index (χ1) is 14.2. The number of aromatic nitrogens is 2. The molecule has 2 aromatic rings. The molecule has 29 heavy (non-hydrogen) atoms. The van der Waals surface area contributed by atoms with E-state index in [2.05, 4.69) is 15.5 Å². The van der Waals surface area contributed by atoms with Gasteiger partial charge in [-0.3, -0.25) is 0 Å². The van der Waals surface area contributed by atoms with Crippen LogP contribution in [0.25, 0.3) is 0 Å². The van der Waals surface area contributed by atoms with E-state index in [-0.39, 0.29) is 30.5 Å². The Balaban J connectivity index is 1.37. The first-order valence-corrected chi connectivity index (χ1v) is 10.5. The first kappa shape index (κ1) is 19.7. The standard InChI is InChI=1S/C21H27FN4O3/c22-15-9-11-17(12-10-15)28-14-19-24-20(25-29-19)18-8-4-5-13-26(18)21(27)23-16-6-2-1-3-7-16/h9-12,16,18H,1-8,13-14H2,(H,23,27). The van der Waals surface area contributed by atoms with Crippen LogP contribution in [0.5, 0.6) is 5.75 Å². The van der Waals surface area contributed by atoms with Crippen LogP contribution in [0, 0.1) is 5.82 Å². The summed E-state index contributed by atoms with van der Waals surface area (Å²) in [4.78, 5) is 19.2. The molecule has 1 aromatic heterocycles. The van der Waals surface area contributed by atoms with Crippen LogP contribution >= 0.6 is 0 Å². The van der Waals surface area contributed by atoms with Gasteiger partial charge in [0.1, 0.15) is 11.6 Å². The van der Waals surface area contributed by atoms with Crippen LogP contribution in [0.4, 0.5) is 9.18 Å². The normalized spacial score (nSPS) is 20.4. The molecule has 156 valence electrons. The fourth-order valence-electron chi connectivity index (χ4n) is 4.09. The minimum atomic E-state index is -0.318. The van der Waals surface area contributed by atoms with Crippen molar-refractivity contribution in [2.75, 3.05) is 6.54 Å². The van der Waals surface area contributed by atoms with E-state index in [0.717, 1.165) is 32.1 Å². The van der Waals surface area contributed by atoms with Gasteiger partial charge in [0, 0.05) is 12.6 Å². The molecule has 0 bridgehead atoms. The average Bonchev–Trinajstić information content (AvgIpc) is 3.23. The zero-order valence-corrected chi connectivity index (χ0v) is 16.5. The first-order valence-electron chi connectivity index (χ1n) is 10.5. The van der Waals surface area contributed by atoms with E-state index in [1.807, 2.05) is 4.90 Å². The largest absolute Gasteiger partial charge is 0.484 e. The molecule has 1 saturated heterocycles. The molecule has 2 fully saturated rings. The van der Waals surface area contributed by atoms with Crippen molar-refractivity contribution >= 4 is 6.03 Å². The lowest BCUT2D eigenvalue weighted by atomic mass is 9.95. The van der Waals surface area contributed by atoms with Gasteiger partial charge >= 0.3 is 6.03 Å². The summed E-state index contributed by atoms with van der Waals surface area (Å²) >= 11 is 0. The molecule has 0 radical (unpaired) electrons. The number of carbonyl (C=O) groups excluding carboxylic acids is 1. The van der Waals surface area contributed by atoms with Crippen molar-refractivity contribution in [3.63, 3.8) is 0 Å². The third kappa shape index (κ3) is 5.05. The maximum atomic E-state index is 13.0. The number of nitrogens with one attached hydrogen (secondary N) is 1. The molecule has 2 heterocycles. The third-order valence-electron chi connectivity index (χ3n) is 5.65. The van der Waals surface area contributed by atoms with E-state index in [1.165, 1.54) is 31.4 Å². The quantitative estimate of drug-likeness (QED) is 0.804. The molecule has 1 aliphatic heterocycles. The van der Waals surface area contributed by atoms with Gasteiger partial charge in [0.2, 0.25) is 0 Å². The van der Waals surface area contributed by atoms with Crippen LogP contribution in [0.15, 0.2) is 28.8 Å². The van der Waals surface area contributed by atoms with Crippen LogP contribution in [-0.2, 0) is 6.61 Å². The highest BCUT2D eigenvalue weighted by Crippen LogP contribution is 2.30. The number of halogens is 1. The maximum absolute atomic E-state index is 13.0. The summed E-state index contributed by atoms with van der Waals surface area (Å²) in [5.41, 5.74) is 0. The Morgan fingerprint density at radius 3 is 2.69 bits per heavy atom. The van der Waals surface area contributed by atoms with Gasteiger partial charge in [0.15, 0.2) is 12.4 Å². The molecule has 2 amide bonds. The van der Waals surface area contributed by atoms with Gasteiger partial charge in [0.25, 0.3) is 5.89 Å². The van der Waals surface area contributed by atoms with Crippen molar-refractivity contribution in [1.29, 1.82) is 0 Å². The van der Waals surface area contributed by atoms with Crippen molar-refractivity contribution in [1.82, 2.24) is 20.4 Å². The lowest BCUT2D eigenvalue weighted by Crippen LogP contribution is -2.48. The number of nitrogens with zero attached hydrogens (tertiary/aromatic N) is 3. The second-order valence-electron chi connectivity index (χ2n) is 7.78. The molecule has 1 aliphatic carbocycles. The van der Waals surface area contributed by atoms with Crippen molar-refractivity contribution in [2.45, 2.75) is 70.1 Å². The molecule has 0 spiro atoms.